The Balaban J connectivity index is 1.62. The first-order chi connectivity index (χ1) is 10.6. The van der Waals surface area contributed by atoms with Gasteiger partial charge in [-0.2, -0.15) is 5.10 Å². The van der Waals surface area contributed by atoms with E-state index in [0.717, 1.165) is 5.56 Å². The van der Waals surface area contributed by atoms with E-state index in [9.17, 15) is 4.79 Å². The van der Waals surface area contributed by atoms with E-state index < -0.39 is 0 Å². The molecule has 0 saturated heterocycles. The van der Waals surface area contributed by atoms with Crippen molar-refractivity contribution < 1.29 is 4.79 Å². The van der Waals surface area contributed by atoms with E-state index in [1.54, 1.807) is 23.1 Å². The Labute approximate surface area is 132 Å². The molecule has 3 rings (SSSR count). The van der Waals surface area contributed by atoms with Crippen LogP contribution in [0.3, 0.4) is 0 Å². The third kappa shape index (κ3) is 2.94. The Morgan fingerprint density at radius 3 is 3.00 bits per heavy atom. The van der Waals surface area contributed by atoms with Gasteiger partial charge in [0.05, 0.1) is 12.6 Å². The summed E-state index contributed by atoms with van der Waals surface area (Å²) in [5.74, 6) is 0.712. The third-order valence-electron chi connectivity index (χ3n) is 3.54. The smallest absolute Gasteiger partial charge is 0.315 e. The van der Waals surface area contributed by atoms with Crippen molar-refractivity contribution in [3.05, 3.63) is 47.4 Å². The number of urea groups is 1. The topological polar surface area (TPSA) is 71.8 Å². The molecule has 0 aliphatic rings. The number of rotatable bonds is 4. The fourth-order valence-electron chi connectivity index (χ4n) is 2.30. The standard InChI is InChI=1S/C15H17N5OS/c1-10(12-8-22-13-6-4-3-5-11(12)13)19-15(21)16-7-14-17-9-18-20(14)2/h3-6,8-10H,7H2,1-2H3,(H2,16,19,21)/t10-/m0/s1. The van der Waals surface area contributed by atoms with Gasteiger partial charge in [-0.25, -0.2) is 9.78 Å². The Bertz CT molecular complexity index is 794. The van der Waals surface area contributed by atoms with E-state index >= 15 is 0 Å². The SMILES string of the molecule is C[C@H](NC(=O)NCc1ncnn1C)c1csc2ccccc12. The van der Waals surface area contributed by atoms with Crippen molar-refractivity contribution in [2.75, 3.05) is 0 Å². The van der Waals surface area contributed by atoms with Crippen molar-refractivity contribution in [1.82, 2.24) is 25.4 Å². The van der Waals surface area contributed by atoms with Gasteiger partial charge in [0.1, 0.15) is 12.2 Å². The summed E-state index contributed by atoms with van der Waals surface area (Å²) >= 11 is 1.69. The molecule has 2 N–H and O–H groups in total. The molecule has 3 aromatic rings. The van der Waals surface area contributed by atoms with Crippen LogP contribution < -0.4 is 10.6 Å². The zero-order chi connectivity index (χ0) is 15.5. The minimum atomic E-state index is -0.217. The van der Waals surface area contributed by atoms with Gasteiger partial charge in [0, 0.05) is 11.7 Å². The Morgan fingerprint density at radius 2 is 2.23 bits per heavy atom. The van der Waals surface area contributed by atoms with Crippen LogP contribution >= 0.6 is 11.3 Å². The highest BCUT2D eigenvalue weighted by Gasteiger charge is 2.14. The maximum absolute atomic E-state index is 12.0. The summed E-state index contributed by atoms with van der Waals surface area (Å²) < 4.78 is 2.86. The average molecular weight is 315 g/mol. The largest absolute Gasteiger partial charge is 0.332 e. The van der Waals surface area contributed by atoms with Crippen LogP contribution in [-0.2, 0) is 13.6 Å². The van der Waals surface area contributed by atoms with Gasteiger partial charge < -0.3 is 10.6 Å². The Kier molecular flexibility index (Phi) is 4.06. The van der Waals surface area contributed by atoms with E-state index in [0.29, 0.717) is 12.4 Å². The third-order valence-corrected chi connectivity index (χ3v) is 4.52. The predicted molar refractivity (Wildman–Crippen MR) is 86.6 cm³/mol. The number of aryl methyl sites for hydroxylation is 1. The van der Waals surface area contributed by atoms with Crippen LogP contribution in [0.15, 0.2) is 36.0 Å². The molecule has 2 heterocycles. The molecule has 6 nitrogen and oxygen atoms in total. The lowest BCUT2D eigenvalue weighted by Crippen LogP contribution is -2.37. The summed E-state index contributed by atoms with van der Waals surface area (Å²) in [6, 6.07) is 7.93. The average Bonchev–Trinajstić information content (AvgIpc) is 3.11. The minimum Gasteiger partial charge on any atom is -0.332 e. The van der Waals surface area contributed by atoms with Crippen molar-refractivity contribution in [3.63, 3.8) is 0 Å². The molecule has 0 bridgehead atoms. The summed E-state index contributed by atoms with van der Waals surface area (Å²) in [6.45, 7) is 2.33. The molecule has 22 heavy (non-hydrogen) atoms. The van der Waals surface area contributed by atoms with Gasteiger partial charge in [-0.1, -0.05) is 18.2 Å². The number of thiophene rings is 1. The van der Waals surface area contributed by atoms with Gasteiger partial charge in [-0.05, 0) is 29.3 Å². The summed E-state index contributed by atoms with van der Waals surface area (Å²) in [7, 11) is 1.79. The monoisotopic (exact) mass is 315 g/mol. The number of nitrogens with one attached hydrogen (secondary N) is 2. The molecule has 1 aromatic carbocycles. The minimum absolute atomic E-state index is 0.0596. The van der Waals surface area contributed by atoms with Crippen LogP contribution in [0, 0.1) is 0 Å². The van der Waals surface area contributed by atoms with Gasteiger partial charge >= 0.3 is 6.03 Å². The van der Waals surface area contributed by atoms with Gasteiger partial charge in [0.25, 0.3) is 0 Å². The maximum Gasteiger partial charge on any atom is 0.315 e. The molecule has 114 valence electrons. The van der Waals surface area contributed by atoms with Gasteiger partial charge in [-0.3, -0.25) is 4.68 Å². The zero-order valence-corrected chi connectivity index (χ0v) is 13.2. The van der Waals surface area contributed by atoms with Crippen molar-refractivity contribution in [2.24, 2.45) is 7.05 Å². The molecule has 0 unspecified atom stereocenters. The maximum atomic E-state index is 12.0. The molecule has 1 atom stereocenters. The lowest BCUT2D eigenvalue weighted by Gasteiger charge is -2.14. The highest BCUT2D eigenvalue weighted by molar-refractivity contribution is 7.17. The Hall–Kier alpha value is -2.41. The normalized spacial score (nSPS) is 12.3. The molecular formula is C15H17N5OS. The van der Waals surface area contributed by atoms with Gasteiger partial charge in [0.15, 0.2) is 0 Å². The molecule has 0 saturated carbocycles. The molecule has 0 aliphatic heterocycles. The molecular weight excluding hydrogens is 298 g/mol. The highest BCUT2D eigenvalue weighted by atomic mass is 32.1. The van der Waals surface area contributed by atoms with Crippen LogP contribution in [0.1, 0.15) is 24.4 Å². The summed E-state index contributed by atoms with van der Waals surface area (Å²) in [5.41, 5.74) is 1.13. The second-order valence-electron chi connectivity index (χ2n) is 5.04. The second-order valence-corrected chi connectivity index (χ2v) is 5.95. The fraction of sp³-hybridized carbons (Fsp3) is 0.267. The first-order valence-corrected chi connectivity index (χ1v) is 7.86. The molecule has 0 spiro atoms. The van der Waals surface area contributed by atoms with E-state index in [-0.39, 0.29) is 12.1 Å². The lowest BCUT2D eigenvalue weighted by molar-refractivity contribution is 0.237. The predicted octanol–water partition coefficient (Wildman–Crippen LogP) is 2.59. The van der Waals surface area contributed by atoms with Crippen molar-refractivity contribution in [3.8, 4) is 0 Å². The van der Waals surface area contributed by atoms with E-state index in [2.05, 4.69) is 38.2 Å². The van der Waals surface area contributed by atoms with E-state index in [1.165, 1.54) is 16.4 Å². The zero-order valence-electron chi connectivity index (χ0n) is 12.4. The van der Waals surface area contributed by atoms with E-state index in [1.807, 2.05) is 19.1 Å². The summed E-state index contributed by atoms with van der Waals surface area (Å²) in [4.78, 5) is 16.1. The molecule has 2 aromatic heterocycles. The first kappa shape index (κ1) is 14.5. The van der Waals surface area contributed by atoms with Crippen LogP contribution in [0.5, 0.6) is 0 Å². The van der Waals surface area contributed by atoms with Crippen molar-refractivity contribution >= 4 is 27.5 Å². The van der Waals surface area contributed by atoms with Crippen LogP contribution in [0.4, 0.5) is 4.79 Å². The highest BCUT2D eigenvalue weighted by Crippen LogP contribution is 2.29. The van der Waals surface area contributed by atoms with Crippen LogP contribution in [0.25, 0.3) is 10.1 Å². The second kappa shape index (κ2) is 6.15. The Morgan fingerprint density at radius 1 is 1.41 bits per heavy atom. The molecule has 0 radical (unpaired) electrons. The molecule has 0 fully saturated rings. The number of aromatic nitrogens is 3. The summed E-state index contributed by atoms with van der Waals surface area (Å²) in [5, 5.41) is 13.0. The molecule has 0 aliphatic carbocycles. The number of hydrogen-bond acceptors (Lipinski definition) is 4. The number of benzene rings is 1. The summed E-state index contributed by atoms with van der Waals surface area (Å²) in [6.07, 6.45) is 1.47. The molecule has 2 amide bonds. The number of hydrogen-bond donors (Lipinski definition) is 2. The number of carbonyl (C=O) groups excluding carboxylic acids is 1. The van der Waals surface area contributed by atoms with Crippen LogP contribution in [0.2, 0.25) is 0 Å². The van der Waals surface area contributed by atoms with Crippen molar-refractivity contribution in [1.29, 1.82) is 0 Å². The molecule has 7 heteroatoms. The van der Waals surface area contributed by atoms with Gasteiger partial charge in [0.2, 0.25) is 0 Å². The first-order valence-electron chi connectivity index (χ1n) is 6.98. The number of nitrogens with zero attached hydrogens (tertiary/aromatic N) is 3. The fourth-order valence-corrected chi connectivity index (χ4v) is 3.35. The van der Waals surface area contributed by atoms with Crippen molar-refractivity contribution in [2.45, 2.75) is 19.5 Å². The lowest BCUT2D eigenvalue weighted by atomic mass is 10.1. The van der Waals surface area contributed by atoms with E-state index in [4.69, 9.17) is 0 Å². The number of amides is 2. The quantitative estimate of drug-likeness (QED) is 0.777. The van der Waals surface area contributed by atoms with Crippen LogP contribution in [-0.4, -0.2) is 20.8 Å². The number of fused-ring (bicyclic) bond motifs is 1. The van der Waals surface area contributed by atoms with Gasteiger partial charge in [-0.15, -0.1) is 11.3 Å². The number of carbonyl (C=O) groups is 1.